The van der Waals surface area contributed by atoms with Crippen LogP contribution in [0.2, 0.25) is 0 Å². The van der Waals surface area contributed by atoms with Crippen LogP contribution in [0.4, 0.5) is 0 Å². The van der Waals surface area contributed by atoms with E-state index in [1.807, 2.05) is 0 Å². The maximum Gasteiger partial charge on any atom is 0.0388 e. The van der Waals surface area contributed by atoms with Crippen molar-refractivity contribution in [3.8, 4) is 0 Å². The average Bonchev–Trinajstić information content (AvgIpc) is 2.46. The number of nitrogens with zero attached hydrogens (tertiary/aromatic N) is 1. The summed E-state index contributed by atoms with van der Waals surface area (Å²) in [4.78, 5) is 5.00. The Kier molecular flexibility index (Phi) is 11.9. The molecule has 1 heteroatoms. The molecule has 0 radical (unpaired) electrons. The Morgan fingerprint density at radius 3 is 2.00 bits per heavy atom. The predicted molar refractivity (Wildman–Crippen MR) is 96.4 cm³/mol. The van der Waals surface area contributed by atoms with E-state index in [0.29, 0.717) is 0 Å². The minimum atomic E-state index is 0.816. The topological polar surface area (TPSA) is 12.4 Å². The van der Waals surface area contributed by atoms with Crippen molar-refractivity contribution < 1.29 is 0 Å². The largest absolute Gasteiger partial charge is 0.294 e. The monoisotopic (exact) mass is 293 g/mol. The second-order valence-electron chi connectivity index (χ2n) is 6.93. The van der Waals surface area contributed by atoms with Crippen molar-refractivity contribution in [2.24, 2.45) is 10.9 Å². The third-order valence-electron chi connectivity index (χ3n) is 4.94. The van der Waals surface area contributed by atoms with Gasteiger partial charge < -0.3 is 0 Å². The lowest BCUT2D eigenvalue weighted by Gasteiger charge is -2.21. The molecule has 0 saturated heterocycles. The van der Waals surface area contributed by atoms with Crippen LogP contribution in [0.25, 0.3) is 0 Å². The van der Waals surface area contributed by atoms with Crippen molar-refractivity contribution in [2.45, 2.75) is 110 Å². The number of hydrogen-bond acceptors (Lipinski definition) is 1. The number of rotatable bonds is 11. The summed E-state index contributed by atoms with van der Waals surface area (Å²) in [5.74, 6) is 0.816. The van der Waals surface area contributed by atoms with E-state index in [0.717, 1.165) is 12.5 Å². The van der Waals surface area contributed by atoms with Crippen molar-refractivity contribution in [2.75, 3.05) is 6.54 Å². The van der Waals surface area contributed by atoms with Gasteiger partial charge in [0.25, 0.3) is 0 Å². The zero-order valence-corrected chi connectivity index (χ0v) is 14.8. The molecular weight excluding hydrogens is 254 g/mol. The summed E-state index contributed by atoms with van der Waals surface area (Å²) >= 11 is 0. The maximum atomic E-state index is 5.00. The molecule has 0 aromatic carbocycles. The summed E-state index contributed by atoms with van der Waals surface area (Å²) in [6, 6.07) is 0. The molecule has 0 atom stereocenters. The Balaban J connectivity index is 2.43. The average molecular weight is 294 g/mol. The van der Waals surface area contributed by atoms with Gasteiger partial charge in [0.2, 0.25) is 0 Å². The highest BCUT2D eigenvalue weighted by Crippen LogP contribution is 2.24. The molecule has 1 nitrogen and oxygen atoms in total. The molecule has 0 amide bonds. The van der Waals surface area contributed by atoms with E-state index in [-0.39, 0.29) is 0 Å². The fourth-order valence-corrected chi connectivity index (χ4v) is 3.52. The fourth-order valence-electron chi connectivity index (χ4n) is 3.52. The highest BCUT2D eigenvalue weighted by atomic mass is 14.7. The van der Waals surface area contributed by atoms with Crippen LogP contribution in [0.3, 0.4) is 0 Å². The molecule has 0 unspecified atom stereocenters. The molecule has 124 valence electrons. The Hall–Kier alpha value is -0.330. The minimum absolute atomic E-state index is 0.816. The van der Waals surface area contributed by atoms with Gasteiger partial charge in [0.1, 0.15) is 0 Å². The van der Waals surface area contributed by atoms with Crippen LogP contribution in [-0.2, 0) is 0 Å². The highest BCUT2D eigenvalue weighted by molar-refractivity contribution is 5.86. The van der Waals surface area contributed by atoms with E-state index < -0.39 is 0 Å². The van der Waals surface area contributed by atoms with Gasteiger partial charge in [0.05, 0.1) is 0 Å². The Morgan fingerprint density at radius 1 is 0.762 bits per heavy atom. The lowest BCUT2D eigenvalue weighted by Crippen LogP contribution is -2.17. The molecule has 0 aromatic rings. The Morgan fingerprint density at radius 2 is 1.38 bits per heavy atom. The maximum absolute atomic E-state index is 5.00. The van der Waals surface area contributed by atoms with Crippen LogP contribution in [0.1, 0.15) is 110 Å². The molecule has 0 fully saturated rings. The van der Waals surface area contributed by atoms with Crippen molar-refractivity contribution in [1.82, 2.24) is 0 Å². The van der Waals surface area contributed by atoms with Gasteiger partial charge >= 0.3 is 0 Å². The molecule has 1 rings (SSSR count). The normalized spacial score (nSPS) is 16.6. The third kappa shape index (κ3) is 9.32. The molecule has 1 heterocycles. The first kappa shape index (κ1) is 18.7. The number of aliphatic imine (C=N–C) groups is 1. The van der Waals surface area contributed by atoms with Gasteiger partial charge in [-0.05, 0) is 38.0 Å². The van der Waals surface area contributed by atoms with Gasteiger partial charge in [0, 0.05) is 12.3 Å². The SMILES string of the molecule is CCCCCCC(CCCCCC)C1=NCCCCCC1. The van der Waals surface area contributed by atoms with Gasteiger partial charge in [-0.25, -0.2) is 0 Å². The zero-order chi connectivity index (χ0) is 15.2. The summed E-state index contributed by atoms with van der Waals surface area (Å²) in [6.45, 7) is 5.72. The number of hydrogen-bond donors (Lipinski definition) is 0. The smallest absolute Gasteiger partial charge is 0.0388 e. The third-order valence-corrected chi connectivity index (χ3v) is 4.94. The van der Waals surface area contributed by atoms with Gasteiger partial charge in [-0.2, -0.15) is 0 Å². The van der Waals surface area contributed by atoms with E-state index in [1.54, 1.807) is 5.71 Å². The molecule has 0 aliphatic carbocycles. The quantitative estimate of drug-likeness (QED) is 0.365. The van der Waals surface area contributed by atoms with Gasteiger partial charge in [-0.15, -0.1) is 0 Å². The second-order valence-corrected chi connectivity index (χ2v) is 6.93. The van der Waals surface area contributed by atoms with Crippen molar-refractivity contribution in [3.05, 3.63) is 0 Å². The van der Waals surface area contributed by atoms with Crippen LogP contribution in [-0.4, -0.2) is 12.3 Å². The van der Waals surface area contributed by atoms with E-state index in [1.165, 1.54) is 96.3 Å². The first-order valence-electron chi connectivity index (χ1n) is 9.91. The van der Waals surface area contributed by atoms with Gasteiger partial charge in [-0.1, -0.05) is 78.1 Å². The summed E-state index contributed by atoms with van der Waals surface area (Å²) in [6.07, 6.45) is 20.9. The van der Waals surface area contributed by atoms with E-state index >= 15 is 0 Å². The van der Waals surface area contributed by atoms with Crippen LogP contribution < -0.4 is 0 Å². The summed E-state index contributed by atoms with van der Waals surface area (Å²) < 4.78 is 0. The van der Waals surface area contributed by atoms with Gasteiger partial charge in [0.15, 0.2) is 0 Å². The molecule has 0 spiro atoms. The first-order valence-corrected chi connectivity index (χ1v) is 9.91. The fraction of sp³-hybridized carbons (Fsp3) is 0.950. The predicted octanol–water partition coefficient (Wildman–Crippen LogP) is 6.95. The second kappa shape index (κ2) is 13.3. The molecule has 1 aliphatic heterocycles. The van der Waals surface area contributed by atoms with Gasteiger partial charge in [-0.3, -0.25) is 4.99 Å². The van der Waals surface area contributed by atoms with Crippen LogP contribution in [0, 0.1) is 5.92 Å². The van der Waals surface area contributed by atoms with Crippen molar-refractivity contribution in [3.63, 3.8) is 0 Å². The molecule has 21 heavy (non-hydrogen) atoms. The molecule has 0 aromatic heterocycles. The van der Waals surface area contributed by atoms with E-state index in [4.69, 9.17) is 4.99 Å². The van der Waals surface area contributed by atoms with E-state index in [9.17, 15) is 0 Å². The Bertz CT molecular complexity index is 245. The summed E-state index contributed by atoms with van der Waals surface area (Å²) in [5.41, 5.74) is 1.60. The summed E-state index contributed by atoms with van der Waals surface area (Å²) in [7, 11) is 0. The van der Waals surface area contributed by atoms with Crippen LogP contribution in [0.5, 0.6) is 0 Å². The first-order chi connectivity index (χ1) is 10.4. The molecule has 1 aliphatic rings. The minimum Gasteiger partial charge on any atom is -0.294 e. The Labute approximate surface area is 134 Å². The zero-order valence-electron chi connectivity index (χ0n) is 14.8. The van der Waals surface area contributed by atoms with Crippen LogP contribution >= 0.6 is 0 Å². The number of unbranched alkanes of at least 4 members (excludes halogenated alkanes) is 6. The van der Waals surface area contributed by atoms with E-state index in [2.05, 4.69) is 13.8 Å². The van der Waals surface area contributed by atoms with Crippen molar-refractivity contribution >= 4 is 5.71 Å². The summed E-state index contributed by atoms with van der Waals surface area (Å²) in [5, 5.41) is 0. The lowest BCUT2D eigenvalue weighted by atomic mass is 9.87. The highest BCUT2D eigenvalue weighted by Gasteiger charge is 2.16. The molecule has 0 saturated carbocycles. The standard InChI is InChI=1S/C20H39N/c1-3-5-7-11-15-19(16-12-8-6-4-2)20-17-13-9-10-14-18-21-20/h19H,3-18H2,1-2H3. The molecule has 0 N–H and O–H groups in total. The molecule has 0 bridgehead atoms. The molecular formula is C20H39N. The lowest BCUT2D eigenvalue weighted by molar-refractivity contribution is 0.482. The van der Waals surface area contributed by atoms with Crippen LogP contribution in [0.15, 0.2) is 4.99 Å². The van der Waals surface area contributed by atoms with Crippen molar-refractivity contribution in [1.29, 1.82) is 0 Å².